The Morgan fingerprint density at radius 3 is 1.55 bits per heavy atom. The minimum atomic E-state index is 0.256. The Bertz CT molecular complexity index is 3160. The van der Waals surface area contributed by atoms with Crippen LogP contribution in [0.25, 0.3) is 66.4 Å². The van der Waals surface area contributed by atoms with Crippen LogP contribution in [0.4, 0.5) is 17.1 Å². The Labute approximate surface area is 364 Å². The molecule has 294 valence electrons. The topological polar surface area (TPSA) is 3.24 Å². The molecule has 62 heavy (non-hydrogen) atoms. The van der Waals surface area contributed by atoms with Gasteiger partial charge in [-0.3, -0.25) is 0 Å². The number of hydrogen-bond donors (Lipinski definition) is 0. The summed E-state index contributed by atoms with van der Waals surface area (Å²) >= 11 is 0. The van der Waals surface area contributed by atoms with Crippen LogP contribution >= 0.6 is 0 Å². The lowest BCUT2D eigenvalue weighted by atomic mass is 9.81. The summed E-state index contributed by atoms with van der Waals surface area (Å²) in [5, 5.41) is 2.54. The summed E-state index contributed by atoms with van der Waals surface area (Å²) < 4.78 is 0. The second-order valence-corrected chi connectivity index (χ2v) is 16.3. The van der Waals surface area contributed by atoms with Crippen LogP contribution in [0.5, 0.6) is 0 Å². The largest absolute Gasteiger partial charge is 0.310 e. The van der Waals surface area contributed by atoms with Crippen LogP contribution in [-0.2, 0) is 6.42 Å². The molecule has 0 radical (unpaired) electrons. The molecule has 0 aliphatic heterocycles. The number of fused-ring (bicyclic) bond motifs is 4. The summed E-state index contributed by atoms with van der Waals surface area (Å²) in [6.45, 7) is 0. The van der Waals surface area contributed by atoms with Gasteiger partial charge in [0.25, 0.3) is 0 Å². The molecule has 0 fully saturated rings. The van der Waals surface area contributed by atoms with E-state index in [1.165, 1.54) is 83.1 Å². The summed E-state index contributed by atoms with van der Waals surface area (Å²) in [6, 6.07) is 89.0. The summed E-state index contributed by atoms with van der Waals surface area (Å²) in [5.74, 6) is 0.256. The third-order valence-electron chi connectivity index (χ3n) is 12.8. The first-order valence-electron chi connectivity index (χ1n) is 21.8. The average Bonchev–Trinajstić information content (AvgIpc) is 3.52. The van der Waals surface area contributed by atoms with E-state index >= 15 is 0 Å². The van der Waals surface area contributed by atoms with Crippen LogP contribution in [0.2, 0.25) is 0 Å². The highest BCUT2D eigenvalue weighted by molar-refractivity contribution is 5.97. The lowest BCUT2D eigenvalue weighted by Gasteiger charge is -2.28. The van der Waals surface area contributed by atoms with Crippen molar-refractivity contribution < 1.29 is 0 Å². The van der Waals surface area contributed by atoms with E-state index in [0.717, 1.165) is 29.9 Å². The molecule has 10 aromatic carbocycles. The molecule has 0 saturated carbocycles. The van der Waals surface area contributed by atoms with Crippen molar-refractivity contribution >= 4 is 27.8 Å². The van der Waals surface area contributed by atoms with Crippen molar-refractivity contribution in [1.29, 1.82) is 0 Å². The van der Waals surface area contributed by atoms with Gasteiger partial charge in [-0.1, -0.05) is 206 Å². The van der Waals surface area contributed by atoms with Crippen LogP contribution in [0.15, 0.2) is 243 Å². The molecule has 0 saturated heterocycles. The van der Waals surface area contributed by atoms with E-state index in [2.05, 4.69) is 248 Å². The number of para-hydroxylation sites is 1. The Balaban J connectivity index is 0.984. The van der Waals surface area contributed by atoms with Gasteiger partial charge in [-0.2, -0.15) is 0 Å². The molecule has 1 aliphatic rings. The normalized spacial score (nSPS) is 13.2. The van der Waals surface area contributed by atoms with Gasteiger partial charge in [-0.15, -0.1) is 0 Å². The molecule has 10 aromatic rings. The van der Waals surface area contributed by atoms with Crippen LogP contribution in [0.1, 0.15) is 29.0 Å². The summed E-state index contributed by atoms with van der Waals surface area (Å²) in [6.07, 6.45) is 2.09. The van der Waals surface area contributed by atoms with E-state index in [-0.39, 0.29) is 5.92 Å². The van der Waals surface area contributed by atoms with Gasteiger partial charge in [0.1, 0.15) is 0 Å². The predicted molar refractivity (Wildman–Crippen MR) is 262 cm³/mol. The molecule has 0 aromatic heterocycles. The zero-order valence-corrected chi connectivity index (χ0v) is 34.5. The van der Waals surface area contributed by atoms with Crippen molar-refractivity contribution in [2.45, 2.75) is 18.8 Å². The first kappa shape index (κ1) is 37.3. The number of benzene rings is 10. The molecule has 1 heteroatoms. The molecular formula is C61H45N. The summed E-state index contributed by atoms with van der Waals surface area (Å²) in [7, 11) is 0. The molecule has 0 spiro atoms. The second kappa shape index (κ2) is 16.4. The Morgan fingerprint density at radius 2 is 0.806 bits per heavy atom. The lowest BCUT2D eigenvalue weighted by molar-refractivity contribution is 0.727. The van der Waals surface area contributed by atoms with Gasteiger partial charge in [0.15, 0.2) is 0 Å². The van der Waals surface area contributed by atoms with E-state index < -0.39 is 0 Å². The fourth-order valence-corrected chi connectivity index (χ4v) is 9.78. The smallest absolute Gasteiger partial charge is 0.0468 e. The number of hydrogen-bond acceptors (Lipinski definition) is 1. The summed E-state index contributed by atoms with van der Waals surface area (Å²) in [4.78, 5) is 2.38. The minimum Gasteiger partial charge on any atom is -0.310 e. The van der Waals surface area contributed by atoms with Gasteiger partial charge >= 0.3 is 0 Å². The highest BCUT2D eigenvalue weighted by Crippen LogP contribution is 2.47. The quantitative estimate of drug-likeness (QED) is 0.148. The number of nitrogens with zero attached hydrogens (tertiary/aromatic N) is 1. The van der Waals surface area contributed by atoms with Crippen LogP contribution in [0.3, 0.4) is 0 Å². The summed E-state index contributed by atoms with van der Waals surface area (Å²) in [5.41, 5.74) is 20.0. The Hall–Kier alpha value is -7.74. The van der Waals surface area contributed by atoms with Crippen LogP contribution in [-0.4, -0.2) is 0 Å². The lowest BCUT2D eigenvalue weighted by Crippen LogP contribution is -2.10. The Morgan fingerprint density at radius 1 is 0.306 bits per heavy atom. The molecule has 1 nitrogen and oxygen atoms in total. The average molecular weight is 792 g/mol. The minimum absolute atomic E-state index is 0.256. The van der Waals surface area contributed by atoms with Gasteiger partial charge < -0.3 is 4.90 Å². The highest BCUT2D eigenvalue weighted by Gasteiger charge is 2.26. The van der Waals surface area contributed by atoms with Gasteiger partial charge in [0.2, 0.25) is 0 Å². The molecule has 1 unspecified atom stereocenters. The Kier molecular flexibility index (Phi) is 9.84. The number of anilines is 3. The van der Waals surface area contributed by atoms with Gasteiger partial charge in [0.05, 0.1) is 0 Å². The van der Waals surface area contributed by atoms with Crippen molar-refractivity contribution in [3.05, 3.63) is 259 Å². The molecule has 11 rings (SSSR count). The maximum Gasteiger partial charge on any atom is 0.0468 e. The van der Waals surface area contributed by atoms with Crippen LogP contribution < -0.4 is 4.90 Å². The van der Waals surface area contributed by atoms with E-state index in [1.807, 2.05) is 0 Å². The molecule has 1 atom stereocenters. The maximum absolute atomic E-state index is 2.39. The molecule has 0 amide bonds. The van der Waals surface area contributed by atoms with Crippen molar-refractivity contribution in [2.75, 3.05) is 4.90 Å². The van der Waals surface area contributed by atoms with Gasteiger partial charge in [0, 0.05) is 23.0 Å². The zero-order valence-electron chi connectivity index (χ0n) is 34.5. The molecule has 0 heterocycles. The van der Waals surface area contributed by atoms with Crippen molar-refractivity contribution in [1.82, 2.24) is 0 Å². The van der Waals surface area contributed by atoms with E-state index in [4.69, 9.17) is 0 Å². The monoisotopic (exact) mass is 791 g/mol. The molecule has 0 N–H and O–H groups in total. The first-order chi connectivity index (χ1) is 30.8. The van der Waals surface area contributed by atoms with Gasteiger partial charge in [-0.25, -0.2) is 0 Å². The SMILES string of the molecule is c1ccc(-c2cc(N(c3ccccc3)c3ccc(-c4ccc(-c5cccc6ccccc56)cc4)cc3)ccc2-c2ccccc2C2CCc3ccccc3-c3ccccc32)cc1. The van der Waals surface area contributed by atoms with Crippen molar-refractivity contribution in [2.24, 2.45) is 0 Å². The predicted octanol–water partition coefficient (Wildman–Crippen LogP) is 16.7. The third kappa shape index (κ3) is 6.98. The fraction of sp³-hybridized carbons (Fsp3) is 0.0492. The standard InChI is InChI=1S/C61H45N/c1-3-16-46(17-4-1)61-42-51(39-41-60(61)58-28-14-13-27-57(58)59-40-36-47-19-8-10-24-54(47)55-25-11-12-26-56(55)59)62(49-21-5-2-6-22-49)50-37-34-44(35-38-50)43-30-32-48(33-31-43)53-29-15-20-45-18-7-9-23-52(45)53/h1-35,37-39,41-42,59H,36,40H2. The zero-order chi connectivity index (χ0) is 41.2. The first-order valence-corrected chi connectivity index (χ1v) is 21.8. The molecular weight excluding hydrogens is 747 g/mol. The maximum atomic E-state index is 2.39. The fourth-order valence-electron chi connectivity index (χ4n) is 9.78. The van der Waals surface area contributed by atoms with Crippen molar-refractivity contribution in [3.63, 3.8) is 0 Å². The van der Waals surface area contributed by atoms with Gasteiger partial charge in [-0.05, 0) is 132 Å². The second-order valence-electron chi connectivity index (χ2n) is 16.3. The molecule has 1 aliphatic carbocycles. The van der Waals surface area contributed by atoms with E-state index in [1.54, 1.807) is 0 Å². The highest BCUT2D eigenvalue weighted by atomic mass is 15.1. The number of rotatable bonds is 8. The molecule has 0 bridgehead atoms. The third-order valence-corrected chi connectivity index (χ3v) is 12.8. The van der Waals surface area contributed by atoms with E-state index in [0.29, 0.717) is 0 Å². The number of aryl methyl sites for hydroxylation is 1. The van der Waals surface area contributed by atoms with Crippen LogP contribution in [0, 0.1) is 0 Å². The van der Waals surface area contributed by atoms with Crippen molar-refractivity contribution in [3.8, 4) is 55.6 Å². The van der Waals surface area contributed by atoms with E-state index in [9.17, 15) is 0 Å².